The van der Waals surface area contributed by atoms with Gasteiger partial charge in [0.25, 0.3) is 0 Å². The minimum atomic E-state index is -0.307. The molecule has 4 heterocycles. The third-order valence-corrected chi connectivity index (χ3v) is 5.86. The number of pyridine rings is 1. The van der Waals surface area contributed by atoms with Crippen LogP contribution in [0.1, 0.15) is 17.7 Å². The van der Waals surface area contributed by atoms with Crippen LogP contribution in [0.3, 0.4) is 0 Å². The molecule has 0 aliphatic carbocycles. The summed E-state index contributed by atoms with van der Waals surface area (Å²) < 4.78 is 13.7. The summed E-state index contributed by atoms with van der Waals surface area (Å²) in [4.78, 5) is 31.3. The van der Waals surface area contributed by atoms with Gasteiger partial charge >= 0.3 is 0 Å². The average molecular weight is 430 g/mol. The van der Waals surface area contributed by atoms with Crippen LogP contribution in [-0.2, 0) is 11.2 Å². The van der Waals surface area contributed by atoms with Gasteiger partial charge in [-0.05, 0) is 55.3 Å². The van der Waals surface area contributed by atoms with Crippen molar-refractivity contribution in [1.82, 2.24) is 25.3 Å². The van der Waals surface area contributed by atoms with E-state index in [2.05, 4.69) is 30.2 Å². The number of nitrogens with zero attached hydrogens (tertiary/aromatic N) is 4. The Bertz CT molecular complexity index is 1270. The first-order chi connectivity index (χ1) is 15.6. The van der Waals surface area contributed by atoms with Gasteiger partial charge in [0.1, 0.15) is 5.82 Å². The molecular weight excluding hydrogens is 407 g/mol. The van der Waals surface area contributed by atoms with Gasteiger partial charge in [-0.25, -0.2) is 14.4 Å². The van der Waals surface area contributed by atoms with Crippen LogP contribution in [0, 0.1) is 12.7 Å². The molecule has 1 amide bonds. The van der Waals surface area contributed by atoms with Crippen molar-refractivity contribution in [2.75, 3.05) is 18.0 Å². The van der Waals surface area contributed by atoms with Gasteiger partial charge in [0.15, 0.2) is 0 Å². The molecule has 7 nitrogen and oxygen atoms in total. The lowest BCUT2D eigenvalue weighted by Gasteiger charge is -2.17. The molecular formula is C24H23FN6O. The number of hydrogen-bond acceptors (Lipinski definition) is 5. The topological polar surface area (TPSA) is 86.8 Å². The Labute approximate surface area is 184 Å². The fourth-order valence-corrected chi connectivity index (χ4v) is 4.26. The minimum absolute atomic E-state index is 0.00963. The van der Waals surface area contributed by atoms with E-state index in [0.717, 1.165) is 46.4 Å². The molecule has 1 aromatic carbocycles. The van der Waals surface area contributed by atoms with E-state index >= 15 is 0 Å². The summed E-state index contributed by atoms with van der Waals surface area (Å²) in [6, 6.07) is 10.3. The van der Waals surface area contributed by atoms with Crippen molar-refractivity contribution in [2.45, 2.75) is 25.8 Å². The lowest BCUT2D eigenvalue weighted by Crippen LogP contribution is -2.38. The van der Waals surface area contributed by atoms with Crippen LogP contribution >= 0.6 is 0 Å². The summed E-state index contributed by atoms with van der Waals surface area (Å²) in [5.41, 5.74) is 4.31. The van der Waals surface area contributed by atoms with E-state index in [1.165, 1.54) is 12.1 Å². The van der Waals surface area contributed by atoms with Crippen molar-refractivity contribution in [2.24, 2.45) is 0 Å². The molecule has 3 aromatic heterocycles. The molecule has 1 fully saturated rings. The summed E-state index contributed by atoms with van der Waals surface area (Å²) in [5.74, 6) is 0.263. The molecule has 32 heavy (non-hydrogen) atoms. The molecule has 0 bridgehead atoms. The SMILES string of the molecule is Cc1[nH]c2ccc(F)cc2c1CC(=O)NC1CCN(c2nccc(-c3cccnc3)n2)C1. The summed E-state index contributed by atoms with van der Waals surface area (Å²) >= 11 is 0. The zero-order chi connectivity index (χ0) is 22.1. The highest BCUT2D eigenvalue weighted by molar-refractivity contribution is 5.90. The zero-order valence-electron chi connectivity index (χ0n) is 17.7. The lowest BCUT2D eigenvalue weighted by molar-refractivity contribution is -0.121. The standard InChI is InChI=1S/C24H23FN6O/c1-15-19(20-11-17(25)4-5-22(20)28-15)12-23(32)29-18-7-10-31(14-18)24-27-9-6-21(30-24)16-3-2-8-26-13-16/h2-6,8-9,11,13,18,28H,7,10,12,14H2,1H3,(H,29,32). The number of halogens is 1. The summed E-state index contributed by atoms with van der Waals surface area (Å²) in [6.07, 6.45) is 6.27. The van der Waals surface area contributed by atoms with E-state index in [9.17, 15) is 9.18 Å². The second kappa shape index (κ2) is 8.37. The molecule has 0 spiro atoms. The first kappa shape index (κ1) is 20.1. The molecule has 1 aliphatic heterocycles. The van der Waals surface area contributed by atoms with Crippen molar-refractivity contribution in [3.05, 3.63) is 72.1 Å². The lowest BCUT2D eigenvalue weighted by atomic mass is 10.1. The van der Waals surface area contributed by atoms with E-state index in [1.54, 1.807) is 24.7 Å². The first-order valence-corrected chi connectivity index (χ1v) is 10.6. The predicted molar refractivity (Wildman–Crippen MR) is 121 cm³/mol. The van der Waals surface area contributed by atoms with Crippen LogP contribution in [0.15, 0.2) is 55.0 Å². The van der Waals surface area contributed by atoms with Crippen LogP contribution < -0.4 is 10.2 Å². The van der Waals surface area contributed by atoms with Gasteiger partial charge in [0.05, 0.1) is 12.1 Å². The second-order valence-electron chi connectivity index (χ2n) is 8.08. The zero-order valence-corrected chi connectivity index (χ0v) is 17.7. The van der Waals surface area contributed by atoms with Gasteiger partial charge in [0.2, 0.25) is 11.9 Å². The largest absolute Gasteiger partial charge is 0.358 e. The number of nitrogens with one attached hydrogen (secondary N) is 2. The highest BCUT2D eigenvalue weighted by Crippen LogP contribution is 2.24. The van der Waals surface area contributed by atoms with Gasteiger partial charge in [-0.15, -0.1) is 0 Å². The maximum absolute atomic E-state index is 13.7. The highest BCUT2D eigenvalue weighted by atomic mass is 19.1. The number of carbonyl (C=O) groups is 1. The highest BCUT2D eigenvalue weighted by Gasteiger charge is 2.26. The van der Waals surface area contributed by atoms with Crippen molar-refractivity contribution < 1.29 is 9.18 Å². The van der Waals surface area contributed by atoms with Crippen LogP contribution in [0.5, 0.6) is 0 Å². The Kier molecular flexibility index (Phi) is 5.26. The maximum Gasteiger partial charge on any atom is 0.225 e. The van der Waals surface area contributed by atoms with Gasteiger partial charge < -0.3 is 15.2 Å². The number of benzene rings is 1. The Morgan fingerprint density at radius 2 is 2.19 bits per heavy atom. The molecule has 0 radical (unpaired) electrons. The Morgan fingerprint density at radius 1 is 1.28 bits per heavy atom. The van der Waals surface area contributed by atoms with Gasteiger partial charge in [0, 0.05) is 59.9 Å². The average Bonchev–Trinajstić information content (AvgIpc) is 3.39. The van der Waals surface area contributed by atoms with Crippen molar-refractivity contribution in [3.63, 3.8) is 0 Å². The molecule has 5 rings (SSSR count). The number of hydrogen-bond donors (Lipinski definition) is 2. The monoisotopic (exact) mass is 430 g/mol. The van der Waals surface area contributed by atoms with Crippen LogP contribution in [-0.4, -0.2) is 45.0 Å². The minimum Gasteiger partial charge on any atom is -0.358 e. The number of aromatic amines is 1. The van der Waals surface area contributed by atoms with E-state index in [4.69, 9.17) is 0 Å². The molecule has 0 saturated carbocycles. The first-order valence-electron chi connectivity index (χ1n) is 10.6. The third kappa shape index (κ3) is 4.03. The number of anilines is 1. The molecule has 1 atom stereocenters. The Balaban J connectivity index is 1.25. The molecule has 8 heteroatoms. The fourth-order valence-electron chi connectivity index (χ4n) is 4.26. The number of fused-ring (bicyclic) bond motifs is 1. The number of aromatic nitrogens is 4. The number of aryl methyl sites for hydroxylation is 1. The summed E-state index contributed by atoms with van der Waals surface area (Å²) in [6.45, 7) is 3.31. The molecule has 1 unspecified atom stereocenters. The normalized spacial score (nSPS) is 15.9. The number of amides is 1. The van der Waals surface area contributed by atoms with E-state index < -0.39 is 0 Å². The summed E-state index contributed by atoms with van der Waals surface area (Å²) in [5, 5.41) is 3.87. The van der Waals surface area contributed by atoms with Gasteiger partial charge in [-0.3, -0.25) is 9.78 Å². The number of rotatable bonds is 5. The quantitative estimate of drug-likeness (QED) is 0.507. The second-order valence-corrected chi connectivity index (χ2v) is 8.08. The number of carbonyl (C=O) groups excluding carboxylic acids is 1. The van der Waals surface area contributed by atoms with E-state index in [1.807, 2.05) is 25.1 Å². The predicted octanol–water partition coefficient (Wildman–Crippen LogP) is 3.41. The molecule has 4 aromatic rings. The fraction of sp³-hybridized carbons (Fsp3) is 0.250. The third-order valence-electron chi connectivity index (χ3n) is 5.86. The molecule has 2 N–H and O–H groups in total. The molecule has 1 saturated heterocycles. The van der Waals surface area contributed by atoms with Crippen LogP contribution in [0.4, 0.5) is 10.3 Å². The Hall–Kier alpha value is -3.81. The van der Waals surface area contributed by atoms with Crippen LogP contribution in [0.25, 0.3) is 22.2 Å². The van der Waals surface area contributed by atoms with Gasteiger partial charge in [-0.2, -0.15) is 0 Å². The maximum atomic E-state index is 13.7. The van der Waals surface area contributed by atoms with E-state index in [-0.39, 0.29) is 24.2 Å². The van der Waals surface area contributed by atoms with E-state index in [0.29, 0.717) is 12.5 Å². The van der Waals surface area contributed by atoms with Crippen molar-refractivity contribution >= 4 is 22.8 Å². The van der Waals surface area contributed by atoms with Crippen LogP contribution in [0.2, 0.25) is 0 Å². The number of H-pyrrole nitrogens is 1. The van der Waals surface area contributed by atoms with Gasteiger partial charge in [-0.1, -0.05) is 0 Å². The Morgan fingerprint density at radius 3 is 3.03 bits per heavy atom. The smallest absolute Gasteiger partial charge is 0.225 e. The van der Waals surface area contributed by atoms with Crippen molar-refractivity contribution in [1.29, 1.82) is 0 Å². The molecule has 162 valence electrons. The molecule has 1 aliphatic rings. The summed E-state index contributed by atoms with van der Waals surface area (Å²) in [7, 11) is 0. The van der Waals surface area contributed by atoms with Crippen molar-refractivity contribution in [3.8, 4) is 11.3 Å².